The maximum absolute atomic E-state index is 13.8. The van der Waals surface area contributed by atoms with E-state index in [4.69, 9.17) is 9.47 Å². The quantitative estimate of drug-likeness (QED) is 0.259. The van der Waals surface area contributed by atoms with Gasteiger partial charge >= 0.3 is 5.97 Å². The van der Waals surface area contributed by atoms with Crippen molar-refractivity contribution in [1.29, 1.82) is 0 Å². The standard InChI is InChI=1S/C31H47N5O5/c1-6-7-15-34(16-8-9-18-36(3,4)5)29(37)21-35-20-24(23-10-12-26-27(19-23)41-22-40-26)30(31(38)39)25(35)11-13-28-32-14-17-33(28)2/h10,12,14,17,19,24-25,30H,6-9,11,13,15-16,18,20-22H2,1-5H3/p+1/t24-,25+,30?/m1/s1. The molecule has 0 bridgehead atoms. The molecule has 0 radical (unpaired) electrons. The Balaban J connectivity index is 1.54. The monoisotopic (exact) mass is 570 g/mol. The highest BCUT2D eigenvalue weighted by Crippen LogP contribution is 2.43. The number of aromatic nitrogens is 2. The van der Waals surface area contributed by atoms with Crippen molar-refractivity contribution >= 4 is 11.9 Å². The lowest BCUT2D eigenvalue weighted by Crippen LogP contribution is -2.45. The maximum atomic E-state index is 13.8. The van der Waals surface area contributed by atoms with Gasteiger partial charge in [0.05, 0.1) is 40.2 Å². The molecule has 1 N–H and O–H groups in total. The van der Waals surface area contributed by atoms with E-state index in [0.29, 0.717) is 30.9 Å². The third-order valence-corrected chi connectivity index (χ3v) is 8.42. The lowest BCUT2D eigenvalue weighted by atomic mass is 9.83. The van der Waals surface area contributed by atoms with Gasteiger partial charge in [-0.25, -0.2) is 4.98 Å². The highest BCUT2D eigenvalue weighted by molar-refractivity contribution is 5.79. The van der Waals surface area contributed by atoms with Crippen molar-refractivity contribution in [2.75, 3.05) is 60.7 Å². The van der Waals surface area contributed by atoms with E-state index in [9.17, 15) is 14.7 Å². The van der Waals surface area contributed by atoms with Gasteiger partial charge in [-0.1, -0.05) is 19.4 Å². The van der Waals surface area contributed by atoms with E-state index in [0.717, 1.165) is 61.2 Å². The molecule has 2 aliphatic heterocycles. The van der Waals surface area contributed by atoms with Crippen LogP contribution in [0.3, 0.4) is 0 Å². The van der Waals surface area contributed by atoms with E-state index in [-0.39, 0.29) is 31.2 Å². The van der Waals surface area contributed by atoms with Crippen LogP contribution in [0.15, 0.2) is 30.6 Å². The average molecular weight is 571 g/mol. The molecule has 1 amide bonds. The fraction of sp³-hybridized carbons (Fsp3) is 0.645. The summed E-state index contributed by atoms with van der Waals surface area (Å²) >= 11 is 0. The minimum Gasteiger partial charge on any atom is -0.481 e. The number of carboxylic acid groups (broad SMARTS) is 1. The van der Waals surface area contributed by atoms with Crippen LogP contribution in [0.5, 0.6) is 11.5 Å². The van der Waals surface area contributed by atoms with Crippen molar-refractivity contribution in [3.63, 3.8) is 0 Å². The molecular weight excluding hydrogens is 522 g/mol. The zero-order valence-electron chi connectivity index (χ0n) is 25.4. The van der Waals surface area contributed by atoms with Gasteiger partial charge in [0, 0.05) is 57.5 Å². The number of benzene rings is 1. The summed E-state index contributed by atoms with van der Waals surface area (Å²) in [5.41, 5.74) is 0.904. The van der Waals surface area contributed by atoms with E-state index < -0.39 is 11.9 Å². The minimum absolute atomic E-state index is 0.0844. The van der Waals surface area contributed by atoms with Gasteiger partial charge in [0.25, 0.3) is 0 Å². The number of carbonyl (C=O) groups excluding carboxylic acids is 1. The Morgan fingerprint density at radius 1 is 1.12 bits per heavy atom. The second kappa shape index (κ2) is 13.7. The lowest BCUT2D eigenvalue weighted by molar-refractivity contribution is -0.870. The topological polar surface area (TPSA) is 97.1 Å². The van der Waals surface area contributed by atoms with Gasteiger partial charge in [0.1, 0.15) is 5.82 Å². The Hall–Kier alpha value is -3.11. The second-order valence-electron chi connectivity index (χ2n) is 12.5. The van der Waals surface area contributed by atoms with Crippen molar-refractivity contribution in [3.8, 4) is 11.5 Å². The number of nitrogens with zero attached hydrogens (tertiary/aromatic N) is 5. The van der Waals surface area contributed by atoms with Crippen LogP contribution in [-0.2, 0) is 23.1 Å². The van der Waals surface area contributed by atoms with Crippen molar-refractivity contribution in [2.24, 2.45) is 13.0 Å². The van der Waals surface area contributed by atoms with Crippen LogP contribution < -0.4 is 9.47 Å². The Kier molecular flexibility index (Phi) is 10.3. The molecule has 1 fully saturated rings. The molecule has 2 aromatic rings. The number of carboxylic acids is 1. The number of fused-ring (bicyclic) bond motifs is 1. The Bertz CT molecular complexity index is 1180. The Morgan fingerprint density at radius 3 is 2.56 bits per heavy atom. The normalized spacial score (nSPS) is 20.5. The smallest absolute Gasteiger partial charge is 0.308 e. The molecule has 41 heavy (non-hydrogen) atoms. The van der Waals surface area contributed by atoms with Crippen LogP contribution >= 0.6 is 0 Å². The summed E-state index contributed by atoms with van der Waals surface area (Å²) in [6.07, 6.45) is 8.91. The first-order valence-electron chi connectivity index (χ1n) is 15.0. The highest BCUT2D eigenvalue weighted by Gasteiger charge is 2.47. The van der Waals surface area contributed by atoms with Gasteiger partial charge in [0.15, 0.2) is 11.5 Å². The van der Waals surface area contributed by atoms with E-state index in [1.54, 1.807) is 6.20 Å². The minimum atomic E-state index is -0.837. The van der Waals surface area contributed by atoms with Crippen LogP contribution in [0.4, 0.5) is 0 Å². The molecule has 0 saturated carbocycles. The van der Waals surface area contributed by atoms with Crippen LogP contribution in [0.2, 0.25) is 0 Å². The molecule has 1 aromatic carbocycles. The molecule has 1 saturated heterocycles. The van der Waals surface area contributed by atoms with E-state index in [1.807, 2.05) is 40.9 Å². The van der Waals surface area contributed by atoms with Crippen LogP contribution in [-0.4, -0.2) is 108 Å². The molecule has 10 heteroatoms. The number of quaternary nitrogens is 1. The van der Waals surface area contributed by atoms with Crippen molar-refractivity contribution in [2.45, 2.75) is 57.4 Å². The molecule has 0 spiro atoms. The number of hydrogen-bond donors (Lipinski definition) is 1. The third-order valence-electron chi connectivity index (χ3n) is 8.42. The predicted molar refractivity (Wildman–Crippen MR) is 157 cm³/mol. The summed E-state index contributed by atoms with van der Waals surface area (Å²) in [6, 6.07) is 5.41. The molecule has 10 nitrogen and oxygen atoms in total. The molecular formula is C31H48N5O5+. The van der Waals surface area contributed by atoms with Gasteiger partial charge < -0.3 is 28.5 Å². The molecule has 4 rings (SSSR count). The summed E-state index contributed by atoms with van der Waals surface area (Å²) in [4.78, 5) is 35.2. The number of hydrogen-bond acceptors (Lipinski definition) is 6. The van der Waals surface area contributed by atoms with Crippen LogP contribution in [0.1, 0.15) is 56.3 Å². The van der Waals surface area contributed by atoms with Gasteiger partial charge in [-0.2, -0.15) is 0 Å². The Labute approximate surface area is 244 Å². The van der Waals surface area contributed by atoms with E-state index in [1.165, 1.54) is 0 Å². The summed E-state index contributed by atoms with van der Waals surface area (Å²) in [5, 5.41) is 10.5. The number of likely N-dealkylation sites (tertiary alicyclic amines) is 1. The number of aliphatic carboxylic acids is 1. The first-order chi connectivity index (χ1) is 19.6. The summed E-state index contributed by atoms with van der Waals surface area (Å²) in [7, 11) is 8.52. The molecule has 0 aliphatic carbocycles. The Morgan fingerprint density at radius 2 is 1.88 bits per heavy atom. The van der Waals surface area contributed by atoms with E-state index >= 15 is 0 Å². The molecule has 1 unspecified atom stereocenters. The first-order valence-corrected chi connectivity index (χ1v) is 15.0. The summed E-state index contributed by atoms with van der Waals surface area (Å²) < 4.78 is 14.0. The molecule has 3 heterocycles. The number of imidazole rings is 1. The largest absolute Gasteiger partial charge is 0.481 e. The van der Waals surface area contributed by atoms with Crippen molar-refractivity contribution in [3.05, 3.63) is 42.0 Å². The SMILES string of the molecule is CCCCN(CCCC[N+](C)(C)C)C(=O)CN1C[C@H](c2ccc3c(c2)OCO3)C(C(=O)O)[C@@H]1CCc1nccn1C. The molecule has 226 valence electrons. The van der Waals surface area contributed by atoms with Crippen LogP contribution in [0, 0.1) is 5.92 Å². The average Bonchev–Trinajstić information content (AvgIpc) is 3.64. The lowest BCUT2D eigenvalue weighted by Gasteiger charge is -2.30. The number of ether oxygens (including phenoxy) is 2. The zero-order valence-corrected chi connectivity index (χ0v) is 25.4. The van der Waals surface area contributed by atoms with Gasteiger partial charge in [0.2, 0.25) is 12.7 Å². The maximum Gasteiger partial charge on any atom is 0.308 e. The third kappa shape index (κ3) is 8.01. The van der Waals surface area contributed by atoms with Crippen LogP contribution in [0.25, 0.3) is 0 Å². The summed E-state index contributed by atoms with van der Waals surface area (Å²) in [6.45, 7) is 5.56. The van der Waals surface area contributed by atoms with Gasteiger partial charge in [-0.3, -0.25) is 14.5 Å². The number of aryl methyl sites for hydroxylation is 2. The van der Waals surface area contributed by atoms with Crippen molar-refractivity contribution in [1.82, 2.24) is 19.4 Å². The number of amides is 1. The fourth-order valence-corrected chi connectivity index (χ4v) is 6.12. The number of carbonyl (C=O) groups is 2. The first kappa shape index (κ1) is 30.8. The van der Waals surface area contributed by atoms with Crippen molar-refractivity contribution < 1.29 is 28.7 Å². The number of unbranched alkanes of at least 4 members (excludes halogenated alkanes) is 2. The zero-order chi connectivity index (χ0) is 29.6. The molecule has 1 aromatic heterocycles. The highest BCUT2D eigenvalue weighted by atomic mass is 16.7. The van der Waals surface area contributed by atoms with Gasteiger partial charge in [-0.05, 0) is 43.4 Å². The predicted octanol–water partition coefficient (Wildman–Crippen LogP) is 3.37. The molecule has 2 aliphatic rings. The number of rotatable bonds is 15. The second-order valence-corrected chi connectivity index (χ2v) is 12.5. The van der Waals surface area contributed by atoms with Gasteiger partial charge in [-0.15, -0.1) is 0 Å². The summed E-state index contributed by atoms with van der Waals surface area (Å²) in [5.74, 6) is 0.552. The fourth-order valence-electron chi connectivity index (χ4n) is 6.12. The van der Waals surface area contributed by atoms with E-state index in [2.05, 4.69) is 38.0 Å². The molecule has 3 atom stereocenters.